The van der Waals surface area contributed by atoms with E-state index in [0.29, 0.717) is 35.2 Å². The molecule has 0 fully saturated rings. The Morgan fingerprint density at radius 1 is 1.27 bits per heavy atom. The van der Waals surface area contributed by atoms with E-state index in [1.54, 1.807) is 12.1 Å². The number of H-pyrrole nitrogens is 1. The lowest BCUT2D eigenvalue weighted by atomic mass is 10.1. The van der Waals surface area contributed by atoms with Crippen LogP contribution < -0.4 is 10.1 Å². The number of benzene rings is 2. The molecule has 0 unspecified atom stereocenters. The molecule has 0 aliphatic heterocycles. The molecule has 0 radical (unpaired) electrons. The number of nitrogens with one attached hydrogen (secondary N) is 2. The lowest BCUT2D eigenvalue weighted by Gasteiger charge is -2.10. The van der Waals surface area contributed by atoms with Gasteiger partial charge in [0.05, 0.1) is 29.1 Å². The summed E-state index contributed by atoms with van der Waals surface area (Å²) in [5, 5.41) is 10.3. The molecular weight excluding hydrogens is 350 g/mol. The van der Waals surface area contributed by atoms with Gasteiger partial charge in [-0.1, -0.05) is 35.9 Å². The van der Waals surface area contributed by atoms with Crippen LogP contribution in [0.2, 0.25) is 5.02 Å². The molecule has 2 N–H and O–H groups in total. The first-order valence-electron chi connectivity index (χ1n) is 8.39. The molecule has 3 rings (SSSR count). The molecule has 0 spiro atoms. The van der Waals surface area contributed by atoms with E-state index < -0.39 is 0 Å². The Morgan fingerprint density at radius 3 is 2.81 bits per heavy atom. The van der Waals surface area contributed by atoms with Crippen molar-refractivity contribution in [1.82, 2.24) is 15.5 Å². The summed E-state index contributed by atoms with van der Waals surface area (Å²) in [5.74, 6) is 0.421. The van der Waals surface area contributed by atoms with Gasteiger partial charge in [0.2, 0.25) is 0 Å². The van der Waals surface area contributed by atoms with Gasteiger partial charge in [-0.15, -0.1) is 0 Å². The zero-order valence-corrected chi connectivity index (χ0v) is 15.4. The lowest BCUT2D eigenvalue weighted by molar-refractivity contribution is 0.0951. The van der Waals surface area contributed by atoms with E-state index in [-0.39, 0.29) is 5.91 Å². The van der Waals surface area contributed by atoms with Gasteiger partial charge >= 0.3 is 0 Å². The van der Waals surface area contributed by atoms with E-state index in [4.69, 9.17) is 16.3 Å². The average molecular weight is 370 g/mol. The van der Waals surface area contributed by atoms with E-state index in [9.17, 15) is 4.79 Å². The van der Waals surface area contributed by atoms with Crippen LogP contribution in [0, 0.1) is 6.92 Å². The van der Waals surface area contributed by atoms with Crippen molar-refractivity contribution in [3.8, 4) is 17.0 Å². The van der Waals surface area contributed by atoms with Crippen molar-refractivity contribution in [2.24, 2.45) is 0 Å². The van der Waals surface area contributed by atoms with Gasteiger partial charge in [0, 0.05) is 12.1 Å². The number of hydrogen-bond donors (Lipinski definition) is 2. The minimum absolute atomic E-state index is 0.193. The average Bonchev–Trinajstić information content (AvgIpc) is 3.12. The van der Waals surface area contributed by atoms with Gasteiger partial charge in [-0.05, 0) is 43.2 Å². The molecule has 0 bridgehead atoms. The first kappa shape index (κ1) is 18.0. The van der Waals surface area contributed by atoms with Crippen molar-refractivity contribution < 1.29 is 9.53 Å². The van der Waals surface area contributed by atoms with Crippen LogP contribution in [-0.4, -0.2) is 22.7 Å². The van der Waals surface area contributed by atoms with E-state index >= 15 is 0 Å². The van der Waals surface area contributed by atoms with Gasteiger partial charge in [0.1, 0.15) is 5.75 Å². The Hall–Kier alpha value is -2.79. The Bertz CT molecular complexity index is 921. The maximum Gasteiger partial charge on any atom is 0.255 e. The Morgan fingerprint density at radius 2 is 2.08 bits per heavy atom. The Kier molecular flexibility index (Phi) is 5.58. The molecular formula is C20H20ClN3O2. The van der Waals surface area contributed by atoms with Crippen molar-refractivity contribution in [3.05, 3.63) is 70.4 Å². The number of nitrogens with zero attached hydrogens (tertiary/aromatic N) is 1. The van der Waals surface area contributed by atoms with Gasteiger partial charge < -0.3 is 10.1 Å². The molecule has 6 heteroatoms. The fourth-order valence-electron chi connectivity index (χ4n) is 2.69. The van der Waals surface area contributed by atoms with Crippen LogP contribution in [-0.2, 0) is 6.54 Å². The van der Waals surface area contributed by atoms with Crippen LogP contribution in [0.1, 0.15) is 28.4 Å². The molecule has 1 amide bonds. The van der Waals surface area contributed by atoms with Crippen LogP contribution in [0.4, 0.5) is 0 Å². The summed E-state index contributed by atoms with van der Waals surface area (Å²) in [6, 6.07) is 13.4. The molecule has 26 heavy (non-hydrogen) atoms. The molecule has 0 aliphatic carbocycles. The number of ether oxygens (including phenoxy) is 1. The molecule has 0 atom stereocenters. The maximum absolute atomic E-state index is 12.6. The highest BCUT2D eigenvalue weighted by Crippen LogP contribution is 2.31. The third-order valence-corrected chi connectivity index (χ3v) is 4.40. The van der Waals surface area contributed by atoms with Crippen molar-refractivity contribution in [3.63, 3.8) is 0 Å². The van der Waals surface area contributed by atoms with Crippen LogP contribution in [0.3, 0.4) is 0 Å². The van der Waals surface area contributed by atoms with Crippen molar-refractivity contribution in [2.45, 2.75) is 20.4 Å². The smallest absolute Gasteiger partial charge is 0.255 e. The van der Waals surface area contributed by atoms with Crippen molar-refractivity contribution in [1.29, 1.82) is 0 Å². The minimum atomic E-state index is -0.193. The second-order valence-corrected chi connectivity index (χ2v) is 6.25. The van der Waals surface area contributed by atoms with E-state index in [2.05, 4.69) is 15.5 Å². The quantitative estimate of drug-likeness (QED) is 0.678. The monoisotopic (exact) mass is 369 g/mol. The van der Waals surface area contributed by atoms with Crippen molar-refractivity contribution in [2.75, 3.05) is 6.61 Å². The predicted molar refractivity (Wildman–Crippen MR) is 103 cm³/mol. The second-order valence-electron chi connectivity index (χ2n) is 5.85. The number of aromatic amines is 1. The fourth-order valence-corrected chi connectivity index (χ4v) is 2.92. The molecule has 0 saturated heterocycles. The third kappa shape index (κ3) is 3.89. The summed E-state index contributed by atoms with van der Waals surface area (Å²) < 4.78 is 5.45. The number of amides is 1. The number of halogens is 1. The second kappa shape index (κ2) is 8.06. The molecule has 1 aromatic heterocycles. The Balaban J connectivity index is 1.79. The molecule has 134 valence electrons. The van der Waals surface area contributed by atoms with Gasteiger partial charge in [-0.3, -0.25) is 9.89 Å². The number of aryl methyl sites for hydroxylation is 1. The largest absolute Gasteiger partial charge is 0.492 e. The zero-order chi connectivity index (χ0) is 18.5. The highest BCUT2D eigenvalue weighted by atomic mass is 35.5. The summed E-state index contributed by atoms with van der Waals surface area (Å²) >= 11 is 6.26. The molecule has 2 aromatic carbocycles. The molecule has 0 saturated carbocycles. The highest BCUT2D eigenvalue weighted by molar-refractivity contribution is 6.32. The van der Waals surface area contributed by atoms with Crippen molar-refractivity contribution >= 4 is 17.5 Å². The summed E-state index contributed by atoms with van der Waals surface area (Å²) in [7, 11) is 0. The van der Waals surface area contributed by atoms with E-state index in [0.717, 1.165) is 16.7 Å². The first-order valence-corrected chi connectivity index (χ1v) is 8.76. The van der Waals surface area contributed by atoms with E-state index in [1.807, 2.05) is 44.2 Å². The number of carbonyl (C=O) groups excluding carboxylic acids is 1. The minimum Gasteiger partial charge on any atom is -0.492 e. The number of aromatic nitrogens is 2. The standard InChI is InChI=1S/C20H20ClN3O2/c1-3-26-18-9-8-14(10-17(18)21)19-16(12-23-24-19)20(25)22-11-15-7-5-4-6-13(15)2/h4-10,12H,3,11H2,1-2H3,(H,22,25)(H,23,24). The molecule has 1 heterocycles. The summed E-state index contributed by atoms with van der Waals surface area (Å²) in [6.07, 6.45) is 1.52. The van der Waals surface area contributed by atoms with Crippen LogP contribution in [0.25, 0.3) is 11.3 Å². The summed E-state index contributed by atoms with van der Waals surface area (Å²) in [5.41, 5.74) is 4.08. The van der Waals surface area contributed by atoms with Crippen LogP contribution >= 0.6 is 11.6 Å². The van der Waals surface area contributed by atoms with Crippen LogP contribution in [0.15, 0.2) is 48.7 Å². The molecule has 0 aliphatic rings. The van der Waals surface area contributed by atoms with Gasteiger partial charge in [-0.2, -0.15) is 5.10 Å². The fraction of sp³-hybridized carbons (Fsp3) is 0.200. The number of carbonyl (C=O) groups is 1. The zero-order valence-electron chi connectivity index (χ0n) is 14.7. The summed E-state index contributed by atoms with van der Waals surface area (Å²) in [4.78, 5) is 12.6. The number of hydrogen-bond acceptors (Lipinski definition) is 3. The normalized spacial score (nSPS) is 10.6. The van der Waals surface area contributed by atoms with E-state index in [1.165, 1.54) is 6.20 Å². The van der Waals surface area contributed by atoms with Gasteiger partial charge in [0.25, 0.3) is 5.91 Å². The summed E-state index contributed by atoms with van der Waals surface area (Å²) in [6.45, 7) is 4.92. The molecule has 5 nitrogen and oxygen atoms in total. The molecule has 3 aromatic rings. The third-order valence-electron chi connectivity index (χ3n) is 4.11. The number of rotatable bonds is 6. The SMILES string of the molecule is CCOc1ccc(-c2[nH]ncc2C(=O)NCc2ccccc2C)cc1Cl. The van der Waals surface area contributed by atoms with Gasteiger partial charge in [0.15, 0.2) is 0 Å². The topological polar surface area (TPSA) is 67.0 Å². The Labute approximate surface area is 157 Å². The maximum atomic E-state index is 12.6. The van der Waals surface area contributed by atoms with Crippen LogP contribution in [0.5, 0.6) is 5.75 Å². The predicted octanol–water partition coefficient (Wildman–Crippen LogP) is 4.37. The highest BCUT2D eigenvalue weighted by Gasteiger charge is 2.16. The lowest BCUT2D eigenvalue weighted by Crippen LogP contribution is -2.23. The van der Waals surface area contributed by atoms with Gasteiger partial charge in [-0.25, -0.2) is 0 Å². The first-order chi connectivity index (χ1) is 12.6.